The molecule has 0 saturated heterocycles. The van der Waals surface area contributed by atoms with Crippen LogP contribution in [0.3, 0.4) is 0 Å². The van der Waals surface area contributed by atoms with Gasteiger partial charge in [-0.2, -0.15) is 13.2 Å². The van der Waals surface area contributed by atoms with E-state index in [4.69, 9.17) is 0 Å². The smallest absolute Gasteiger partial charge is 0.310 e. The van der Waals surface area contributed by atoms with Crippen LogP contribution < -0.4 is 5.32 Å². The summed E-state index contributed by atoms with van der Waals surface area (Å²) in [5.41, 5.74) is 0.535. The zero-order chi connectivity index (χ0) is 13.6. The van der Waals surface area contributed by atoms with Crippen LogP contribution >= 0.6 is 0 Å². The van der Waals surface area contributed by atoms with E-state index in [9.17, 15) is 17.6 Å². The monoisotopic (exact) mass is 263 g/mol. The molecule has 0 saturated carbocycles. The average molecular weight is 263 g/mol. The zero-order valence-electron chi connectivity index (χ0n) is 10.2. The molecular weight excluding hydrogens is 246 g/mol. The maximum Gasteiger partial charge on any atom is 0.389 e. The van der Waals surface area contributed by atoms with Crippen LogP contribution in [0, 0.1) is 5.82 Å². The number of unbranched alkanes of at least 4 members (excludes halogenated alkanes) is 1. The van der Waals surface area contributed by atoms with Crippen molar-refractivity contribution < 1.29 is 17.6 Å². The Balaban J connectivity index is 2.26. The van der Waals surface area contributed by atoms with Crippen molar-refractivity contribution in [2.45, 2.75) is 38.4 Å². The molecule has 0 aliphatic carbocycles. The molecular formula is C13H17F4N. The van der Waals surface area contributed by atoms with Crippen LogP contribution in [0.2, 0.25) is 0 Å². The molecule has 1 unspecified atom stereocenters. The fraction of sp³-hybridized carbons (Fsp3) is 0.538. The molecule has 5 heteroatoms. The SMILES string of the molecule is CC(NCCCCC(F)(F)F)c1ccccc1F. The van der Waals surface area contributed by atoms with Gasteiger partial charge in [0.25, 0.3) is 0 Å². The summed E-state index contributed by atoms with van der Waals surface area (Å²) in [6.07, 6.45) is -4.32. The summed E-state index contributed by atoms with van der Waals surface area (Å²) in [5.74, 6) is -0.298. The highest BCUT2D eigenvalue weighted by Gasteiger charge is 2.25. The second-order valence-corrected chi connectivity index (χ2v) is 4.27. The van der Waals surface area contributed by atoms with Gasteiger partial charge in [-0.05, 0) is 32.4 Å². The maximum atomic E-state index is 13.4. The maximum absolute atomic E-state index is 13.4. The number of hydrogen-bond donors (Lipinski definition) is 1. The Morgan fingerprint density at radius 1 is 1.17 bits per heavy atom. The van der Waals surface area contributed by atoms with E-state index < -0.39 is 12.6 Å². The molecule has 1 aromatic carbocycles. The third-order valence-corrected chi connectivity index (χ3v) is 2.71. The molecule has 18 heavy (non-hydrogen) atoms. The van der Waals surface area contributed by atoms with Gasteiger partial charge >= 0.3 is 6.18 Å². The van der Waals surface area contributed by atoms with Gasteiger partial charge in [0.05, 0.1) is 0 Å². The molecule has 102 valence electrons. The molecule has 1 nitrogen and oxygen atoms in total. The highest BCUT2D eigenvalue weighted by Crippen LogP contribution is 2.22. The highest BCUT2D eigenvalue weighted by atomic mass is 19.4. The summed E-state index contributed by atoms with van der Waals surface area (Å²) >= 11 is 0. The molecule has 0 radical (unpaired) electrons. The van der Waals surface area contributed by atoms with E-state index >= 15 is 0 Å². The van der Waals surface area contributed by atoms with Gasteiger partial charge in [-0.3, -0.25) is 0 Å². The van der Waals surface area contributed by atoms with E-state index in [0.29, 0.717) is 18.5 Å². The first-order valence-corrected chi connectivity index (χ1v) is 5.95. The lowest BCUT2D eigenvalue weighted by Crippen LogP contribution is -2.21. The van der Waals surface area contributed by atoms with Gasteiger partial charge in [-0.1, -0.05) is 18.2 Å². The van der Waals surface area contributed by atoms with Crippen LogP contribution in [-0.4, -0.2) is 12.7 Å². The quantitative estimate of drug-likeness (QED) is 0.599. The molecule has 1 atom stereocenters. The molecule has 0 fully saturated rings. The predicted octanol–water partition coefficient (Wildman–Crippen LogP) is 4.21. The minimum Gasteiger partial charge on any atom is -0.310 e. The van der Waals surface area contributed by atoms with Gasteiger partial charge in [-0.25, -0.2) is 4.39 Å². The summed E-state index contributed by atoms with van der Waals surface area (Å²) in [4.78, 5) is 0. The van der Waals surface area contributed by atoms with Crippen LogP contribution in [0.4, 0.5) is 17.6 Å². The van der Waals surface area contributed by atoms with Gasteiger partial charge < -0.3 is 5.32 Å². The molecule has 1 aromatic rings. The van der Waals surface area contributed by atoms with Crippen molar-refractivity contribution in [3.8, 4) is 0 Å². The Kier molecular flexibility index (Phi) is 5.59. The molecule has 0 heterocycles. The minimum atomic E-state index is -4.09. The molecule has 1 N–H and O–H groups in total. The number of halogens is 4. The summed E-state index contributed by atoms with van der Waals surface area (Å²) in [5, 5.41) is 3.02. The van der Waals surface area contributed by atoms with Gasteiger partial charge in [0.1, 0.15) is 5.82 Å². The van der Waals surface area contributed by atoms with E-state index in [1.165, 1.54) is 6.07 Å². The third kappa shape index (κ3) is 5.49. The Labute approximate surface area is 104 Å². The summed E-state index contributed by atoms with van der Waals surface area (Å²) in [7, 11) is 0. The average Bonchev–Trinajstić information content (AvgIpc) is 2.27. The predicted molar refractivity (Wildman–Crippen MR) is 62.7 cm³/mol. The highest BCUT2D eigenvalue weighted by molar-refractivity contribution is 5.20. The topological polar surface area (TPSA) is 12.0 Å². The Hall–Kier alpha value is -1.10. The fourth-order valence-electron chi connectivity index (χ4n) is 1.71. The minimum absolute atomic E-state index is 0.0977. The lowest BCUT2D eigenvalue weighted by Gasteiger charge is -2.15. The lowest BCUT2D eigenvalue weighted by molar-refractivity contribution is -0.135. The summed E-state index contributed by atoms with van der Waals surface area (Å²) in [6.45, 7) is 2.24. The standard InChI is InChI=1S/C13H17F4N/c1-10(11-6-2-3-7-12(11)14)18-9-5-4-8-13(15,16)17/h2-3,6-7,10,18H,4-5,8-9H2,1H3. The number of rotatable bonds is 6. The van der Waals surface area contributed by atoms with E-state index in [-0.39, 0.29) is 18.3 Å². The first-order valence-electron chi connectivity index (χ1n) is 5.95. The second kappa shape index (κ2) is 6.73. The Bertz CT molecular complexity index is 362. The van der Waals surface area contributed by atoms with Gasteiger partial charge in [0.15, 0.2) is 0 Å². The third-order valence-electron chi connectivity index (χ3n) is 2.71. The Morgan fingerprint density at radius 2 is 1.83 bits per heavy atom. The van der Waals surface area contributed by atoms with Crippen molar-refractivity contribution in [3.63, 3.8) is 0 Å². The number of nitrogens with one attached hydrogen (secondary N) is 1. The van der Waals surface area contributed by atoms with E-state index in [1.54, 1.807) is 25.1 Å². The van der Waals surface area contributed by atoms with Crippen LogP contribution in [0.15, 0.2) is 24.3 Å². The number of hydrogen-bond acceptors (Lipinski definition) is 1. The summed E-state index contributed by atoms with van der Waals surface area (Å²) < 4.78 is 49.1. The first-order chi connectivity index (χ1) is 8.40. The van der Waals surface area contributed by atoms with Gasteiger partial charge in [0.2, 0.25) is 0 Å². The normalized spacial score (nSPS) is 13.6. The van der Waals surface area contributed by atoms with Crippen molar-refractivity contribution in [2.24, 2.45) is 0 Å². The second-order valence-electron chi connectivity index (χ2n) is 4.27. The van der Waals surface area contributed by atoms with E-state index in [0.717, 1.165) is 0 Å². The van der Waals surface area contributed by atoms with Crippen molar-refractivity contribution in [1.29, 1.82) is 0 Å². The molecule has 0 aliphatic heterocycles. The Morgan fingerprint density at radius 3 is 2.44 bits per heavy atom. The van der Waals surface area contributed by atoms with Crippen molar-refractivity contribution in [1.82, 2.24) is 5.32 Å². The molecule has 0 bridgehead atoms. The first kappa shape index (κ1) is 15.0. The molecule has 0 aromatic heterocycles. The molecule has 0 amide bonds. The van der Waals surface area contributed by atoms with Crippen molar-refractivity contribution in [3.05, 3.63) is 35.6 Å². The van der Waals surface area contributed by atoms with E-state index in [1.807, 2.05) is 0 Å². The van der Waals surface area contributed by atoms with Gasteiger partial charge in [-0.15, -0.1) is 0 Å². The largest absolute Gasteiger partial charge is 0.389 e. The van der Waals surface area contributed by atoms with Crippen LogP contribution in [0.1, 0.15) is 37.8 Å². The molecule has 0 spiro atoms. The van der Waals surface area contributed by atoms with Crippen molar-refractivity contribution >= 4 is 0 Å². The van der Waals surface area contributed by atoms with Crippen LogP contribution in [0.25, 0.3) is 0 Å². The van der Waals surface area contributed by atoms with Crippen molar-refractivity contribution in [2.75, 3.05) is 6.54 Å². The van der Waals surface area contributed by atoms with Gasteiger partial charge in [0, 0.05) is 18.0 Å². The number of benzene rings is 1. The van der Waals surface area contributed by atoms with E-state index in [2.05, 4.69) is 5.32 Å². The molecule has 0 aliphatic rings. The zero-order valence-corrected chi connectivity index (χ0v) is 10.2. The number of alkyl halides is 3. The van der Waals surface area contributed by atoms with Crippen LogP contribution in [-0.2, 0) is 0 Å². The summed E-state index contributed by atoms with van der Waals surface area (Å²) in [6, 6.07) is 6.19. The molecule has 1 rings (SSSR count). The van der Waals surface area contributed by atoms with Crippen LogP contribution in [0.5, 0.6) is 0 Å². The fourth-order valence-corrected chi connectivity index (χ4v) is 1.71. The lowest BCUT2D eigenvalue weighted by atomic mass is 10.1.